The lowest BCUT2D eigenvalue weighted by molar-refractivity contribution is 0.164. The van der Waals surface area contributed by atoms with Gasteiger partial charge in [0.2, 0.25) is 0 Å². The molecule has 0 saturated carbocycles. The van der Waals surface area contributed by atoms with Crippen molar-refractivity contribution < 1.29 is 10.2 Å². The number of rotatable bonds is 3. The fourth-order valence-electron chi connectivity index (χ4n) is 1.55. The topological polar surface area (TPSA) is 66.5 Å². The minimum atomic E-state index is -0.609. The number of aromatic hydroxyl groups is 1. The van der Waals surface area contributed by atoms with Crippen LogP contribution in [-0.4, -0.2) is 16.3 Å². The number of hydrogen-bond acceptors (Lipinski definition) is 3. The average molecular weight is 195 g/mol. The van der Waals surface area contributed by atoms with Gasteiger partial charge in [-0.2, -0.15) is 0 Å². The largest absolute Gasteiger partial charge is 0.508 e. The molecular formula is C11H17NO2. The van der Waals surface area contributed by atoms with Crippen molar-refractivity contribution in [3.05, 3.63) is 29.3 Å². The van der Waals surface area contributed by atoms with E-state index in [-0.39, 0.29) is 5.75 Å². The molecule has 1 rings (SSSR count). The first-order valence-corrected chi connectivity index (χ1v) is 4.82. The number of benzene rings is 1. The zero-order valence-corrected chi connectivity index (χ0v) is 8.57. The summed E-state index contributed by atoms with van der Waals surface area (Å²) in [6.07, 6.45) is 0.102. The molecule has 0 bridgehead atoms. The van der Waals surface area contributed by atoms with Crippen LogP contribution >= 0.6 is 0 Å². The number of aliphatic hydroxyl groups is 1. The van der Waals surface area contributed by atoms with Crippen LogP contribution in [0.3, 0.4) is 0 Å². The van der Waals surface area contributed by atoms with Crippen LogP contribution in [0.1, 0.15) is 31.0 Å². The molecule has 2 atom stereocenters. The van der Waals surface area contributed by atoms with Crippen molar-refractivity contribution >= 4 is 0 Å². The highest BCUT2D eigenvalue weighted by atomic mass is 16.3. The van der Waals surface area contributed by atoms with Gasteiger partial charge < -0.3 is 15.9 Å². The van der Waals surface area contributed by atoms with Crippen LogP contribution in [0.5, 0.6) is 5.75 Å². The van der Waals surface area contributed by atoms with Gasteiger partial charge in [-0.15, -0.1) is 0 Å². The van der Waals surface area contributed by atoms with Crippen molar-refractivity contribution in [3.63, 3.8) is 0 Å². The van der Waals surface area contributed by atoms with E-state index in [0.717, 1.165) is 11.1 Å². The summed E-state index contributed by atoms with van der Waals surface area (Å²) < 4.78 is 0. The summed E-state index contributed by atoms with van der Waals surface area (Å²) in [7, 11) is 0. The predicted molar refractivity (Wildman–Crippen MR) is 56.1 cm³/mol. The standard InChI is InChI=1S/C11H17NO2/c1-3-8-9(11(12)7(2)13)5-4-6-10(8)14/h4-7,11,13-14H,3,12H2,1-2H3/t7-,11-/m0/s1. The van der Waals surface area contributed by atoms with Gasteiger partial charge in [-0.1, -0.05) is 19.1 Å². The van der Waals surface area contributed by atoms with E-state index < -0.39 is 12.1 Å². The van der Waals surface area contributed by atoms with E-state index in [1.165, 1.54) is 0 Å². The molecular weight excluding hydrogens is 178 g/mol. The van der Waals surface area contributed by atoms with E-state index in [0.29, 0.717) is 6.42 Å². The molecule has 0 spiro atoms. The Kier molecular flexibility index (Phi) is 3.49. The summed E-state index contributed by atoms with van der Waals surface area (Å²) in [5.41, 5.74) is 7.46. The third-order valence-corrected chi connectivity index (χ3v) is 2.42. The van der Waals surface area contributed by atoms with Crippen molar-refractivity contribution in [1.82, 2.24) is 0 Å². The van der Waals surface area contributed by atoms with Gasteiger partial charge in [0, 0.05) is 0 Å². The highest BCUT2D eigenvalue weighted by molar-refractivity contribution is 5.41. The van der Waals surface area contributed by atoms with Crippen LogP contribution < -0.4 is 5.73 Å². The Morgan fingerprint density at radius 1 is 1.43 bits per heavy atom. The molecule has 1 aromatic carbocycles. The van der Waals surface area contributed by atoms with Crippen LogP contribution in [0.2, 0.25) is 0 Å². The zero-order chi connectivity index (χ0) is 10.7. The smallest absolute Gasteiger partial charge is 0.119 e. The van der Waals surface area contributed by atoms with Gasteiger partial charge in [-0.05, 0) is 30.5 Å². The Bertz CT molecular complexity index is 310. The summed E-state index contributed by atoms with van der Waals surface area (Å²) in [6.45, 7) is 3.60. The van der Waals surface area contributed by atoms with E-state index >= 15 is 0 Å². The highest BCUT2D eigenvalue weighted by Crippen LogP contribution is 2.26. The van der Waals surface area contributed by atoms with Gasteiger partial charge in [0.15, 0.2) is 0 Å². The Morgan fingerprint density at radius 3 is 2.57 bits per heavy atom. The lowest BCUT2D eigenvalue weighted by Gasteiger charge is -2.19. The highest BCUT2D eigenvalue weighted by Gasteiger charge is 2.16. The quantitative estimate of drug-likeness (QED) is 0.681. The summed E-state index contributed by atoms with van der Waals surface area (Å²) in [6, 6.07) is 4.79. The first-order valence-electron chi connectivity index (χ1n) is 4.82. The summed E-state index contributed by atoms with van der Waals surface area (Å²) >= 11 is 0. The monoisotopic (exact) mass is 195 g/mol. The van der Waals surface area contributed by atoms with E-state index in [1.54, 1.807) is 19.1 Å². The second-order valence-electron chi connectivity index (χ2n) is 3.46. The molecule has 14 heavy (non-hydrogen) atoms. The van der Waals surface area contributed by atoms with E-state index in [4.69, 9.17) is 5.73 Å². The second kappa shape index (κ2) is 4.44. The molecule has 0 aliphatic carbocycles. The third-order valence-electron chi connectivity index (χ3n) is 2.42. The predicted octanol–water partition coefficient (Wildman–Crippen LogP) is 1.34. The van der Waals surface area contributed by atoms with Gasteiger partial charge in [0.05, 0.1) is 12.1 Å². The van der Waals surface area contributed by atoms with E-state index in [9.17, 15) is 10.2 Å². The third kappa shape index (κ3) is 2.05. The molecule has 0 aromatic heterocycles. The van der Waals surface area contributed by atoms with Crippen molar-refractivity contribution in [2.75, 3.05) is 0 Å². The molecule has 0 fully saturated rings. The maximum Gasteiger partial charge on any atom is 0.119 e. The average Bonchev–Trinajstić information content (AvgIpc) is 2.16. The lowest BCUT2D eigenvalue weighted by atomic mass is 9.95. The summed E-state index contributed by atoms with van der Waals surface area (Å²) in [4.78, 5) is 0. The fourth-order valence-corrected chi connectivity index (χ4v) is 1.55. The number of phenolic OH excluding ortho intramolecular Hbond substituents is 1. The van der Waals surface area contributed by atoms with Crippen molar-refractivity contribution in [1.29, 1.82) is 0 Å². The maximum atomic E-state index is 9.58. The van der Waals surface area contributed by atoms with Crippen LogP contribution in [0.25, 0.3) is 0 Å². The Hall–Kier alpha value is -1.06. The Morgan fingerprint density at radius 2 is 2.07 bits per heavy atom. The number of aliphatic hydroxyl groups excluding tert-OH is 1. The molecule has 0 unspecified atom stereocenters. The van der Waals surface area contributed by atoms with Crippen molar-refractivity contribution in [2.45, 2.75) is 32.4 Å². The van der Waals surface area contributed by atoms with Gasteiger partial charge >= 0.3 is 0 Å². The number of nitrogens with two attached hydrogens (primary N) is 1. The summed E-state index contributed by atoms with van der Waals surface area (Å²) in [5.74, 6) is 0.251. The van der Waals surface area contributed by atoms with Gasteiger partial charge in [-0.3, -0.25) is 0 Å². The van der Waals surface area contributed by atoms with E-state index in [2.05, 4.69) is 0 Å². The fraction of sp³-hybridized carbons (Fsp3) is 0.455. The molecule has 3 nitrogen and oxygen atoms in total. The summed E-state index contributed by atoms with van der Waals surface area (Å²) in [5, 5.41) is 19.0. The normalized spacial score (nSPS) is 15.1. The molecule has 1 aromatic rings. The minimum absolute atomic E-state index is 0.251. The first kappa shape index (κ1) is 11.0. The molecule has 78 valence electrons. The Labute approximate surface area is 84.2 Å². The first-order chi connectivity index (χ1) is 6.57. The maximum absolute atomic E-state index is 9.58. The number of phenols is 1. The molecule has 0 aliphatic rings. The molecule has 0 radical (unpaired) electrons. The van der Waals surface area contributed by atoms with Crippen LogP contribution in [0, 0.1) is 0 Å². The van der Waals surface area contributed by atoms with E-state index in [1.807, 2.05) is 13.0 Å². The molecule has 0 heterocycles. The zero-order valence-electron chi connectivity index (χ0n) is 8.57. The lowest BCUT2D eigenvalue weighted by Crippen LogP contribution is -2.24. The van der Waals surface area contributed by atoms with Gasteiger partial charge in [-0.25, -0.2) is 0 Å². The van der Waals surface area contributed by atoms with Crippen molar-refractivity contribution in [3.8, 4) is 5.75 Å². The molecule has 0 aliphatic heterocycles. The Balaban J connectivity index is 3.13. The molecule has 0 amide bonds. The van der Waals surface area contributed by atoms with Gasteiger partial charge in [0.25, 0.3) is 0 Å². The van der Waals surface area contributed by atoms with Crippen molar-refractivity contribution in [2.24, 2.45) is 5.73 Å². The second-order valence-corrected chi connectivity index (χ2v) is 3.46. The van der Waals surface area contributed by atoms with Crippen LogP contribution in [0.4, 0.5) is 0 Å². The van der Waals surface area contributed by atoms with Gasteiger partial charge in [0.1, 0.15) is 5.75 Å². The minimum Gasteiger partial charge on any atom is -0.508 e. The number of hydrogen-bond donors (Lipinski definition) is 3. The molecule has 3 heteroatoms. The van der Waals surface area contributed by atoms with Crippen LogP contribution in [-0.2, 0) is 6.42 Å². The van der Waals surface area contributed by atoms with Crippen LogP contribution in [0.15, 0.2) is 18.2 Å². The molecule has 0 saturated heterocycles. The molecule has 4 N–H and O–H groups in total. The SMILES string of the molecule is CCc1c(O)cccc1[C@@H](N)[C@H](C)O.